The maximum absolute atomic E-state index is 15.3. The van der Waals surface area contributed by atoms with Crippen LogP contribution in [0.5, 0.6) is 5.75 Å². The summed E-state index contributed by atoms with van der Waals surface area (Å²) in [6.07, 6.45) is -0.249. The largest absolute Gasteiger partial charge is 0.490 e. The first kappa shape index (κ1) is 25.0. The Kier molecular flexibility index (Phi) is 6.34. The molecule has 0 unspecified atom stereocenters. The molecule has 2 aromatic rings. The summed E-state index contributed by atoms with van der Waals surface area (Å²) in [6.45, 7) is -0.524. The molecular weight excluding hydrogens is 502 g/mol. The Morgan fingerprint density at radius 3 is 2.40 bits per heavy atom. The molecule has 0 aromatic heterocycles. The molecule has 3 atom stereocenters. The number of ether oxygens (including phenoxy) is 2. The van der Waals surface area contributed by atoms with Crippen molar-refractivity contribution in [1.82, 2.24) is 0 Å². The third kappa shape index (κ3) is 4.05. The van der Waals surface area contributed by atoms with Crippen molar-refractivity contribution in [3.63, 3.8) is 0 Å². The molecule has 2 aromatic carbocycles. The second kappa shape index (κ2) is 8.86. The molecule has 0 N–H and O–H groups in total. The third-order valence-electron chi connectivity index (χ3n) is 6.54. The maximum Gasteiger partial charge on any atom is 0.189 e. The van der Waals surface area contributed by atoms with Gasteiger partial charge in [0.25, 0.3) is 0 Å². The average molecular weight is 523 g/mol. The lowest BCUT2D eigenvalue weighted by Crippen LogP contribution is -2.57. The van der Waals surface area contributed by atoms with Gasteiger partial charge in [-0.25, -0.2) is 25.6 Å². The molecule has 0 radical (unpaired) electrons. The van der Waals surface area contributed by atoms with E-state index in [0.717, 1.165) is 30.5 Å². The van der Waals surface area contributed by atoms with Crippen molar-refractivity contribution in [2.24, 2.45) is 5.92 Å². The van der Waals surface area contributed by atoms with Gasteiger partial charge in [0.1, 0.15) is 32.5 Å². The Labute approximate surface area is 201 Å². The van der Waals surface area contributed by atoms with Gasteiger partial charge in [-0.1, -0.05) is 0 Å². The number of benzene rings is 2. The molecule has 12 heteroatoms. The van der Waals surface area contributed by atoms with Gasteiger partial charge < -0.3 is 9.47 Å². The summed E-state index contributed by atoms with van der Waals surface area (Å²) in [5.74, 6) is -3.84. The predicted octanol–water partition coefficient (Wildman–Crippen LogP) is 2.61. The lowest BCUT2D eigenvalue weighted by molar-refractivity contribution is -0.0732. The van der Waals surface area contributed by atoms with Crippen LogP contribution in [0.3, 0.4) is 0 Å². The lowest BCUT2D eigenvalue weighted by Gasteiger charge is -2.50. The van der Waals surface area contributed by atoms with Crippen molar-refractivity contribution in [3.05, 3.63) is 58.7 Å². The van der Waals surface area contributed by atoms with Gasteiger partial charge in [-0.05, 0) is 43.2 Å². The smallest absolute Gasteiger partial charge is 0.189 e. The molecule has 2 heterocycles. The van der Waals surface area contributed by atoms with Gasteiger partial charge in [0, 0.05) is 18.8 Å². The summed E-state index contributed by atoms with van der Waals surface area (Å²) in [5.41, 5.74) is -0.707. The molecule has 184 valence electrons. The fourth-order valence-electron chi connectivity index (χ4n) is 4.93. The van der Waals surface area contributed by atoms with Crippen molar-refractivity contribution >= 4 is 19.7 Å². The van der Waals surface area contributed by atoms with Crippen molar-refractivity contribution in [2.45, 2.75) is 28.6 Å². The van der Waals surface area contributed by atoms with E-state index in [1.807, 2.05) is 0 Å². The number of hydrogen-bond acceptors (Lipinski definition) is 8. The zero-order valence-corrected chi connectivity index (χ0v) is 20.1. The summed E-state index contributed by atoms with van der Waals surface area (Å²) < 4.78 is 91.4. The van der Waals surface area contributed by atoms with Crippen LogP contribution in [0.1, 0.15) is 29.5 Å². The van der Waals surface area contributed by atoms with Crippen molar-refractivity contribution in [1.29, 1.82) is 10.5 Å². The first-order valence-electron chi connectivity index (χ1n) is 10.6. The molecule has 4 rings (SSSR count). The maximum atomic E-state index is 15.3. The van der Waals surface area contributed by atoms with Crippen LogP contribution in [0.4, 0.5) is 8.78 Å². The summed E-state index contributed by atoms with van der Waals surface area (Å²) >= 11 is 0. The van der Waals surface area contributed by atoms with Crippen LogP contribution in [-0.4, -0.2) is 48.2 Å². The minimum absolute atomic E-state index is 0.0388. The van der Waals surface area contributed by atoms with Crippen molar-refractivity contribution in [2.75, 3.05) is 25.2 Å². The molecule has 1 fully saturated rings. The van der Waals surface area contributed by atoms with E-state index in [1.54, 1.807) is 12.1 Å². The minimum Gasteiger partial charge on any atom is -0.490 e. The SMILES string of the molecule is CS(=O)(=O)CC[C@@H]1OCC[C@@]2(S(=O)(=O)c3ccc(C#N)c(C#N)c3)c3c(F)ccc(F)c3OC[C@@H]12. The number of sulfone groups is 2. The van der Waals surface area contributed by atoms with E-state index >= 15 is 4.39 Å². The van der Waals surface area contributed by atoms with E-state index in [0.29, 0.717) is 0 Å². The van der Waals surface area contributed by atoms with E-state index < -0.39 is 59.4 Å². The predicted molar refractivity (Wildman–Crippen MR) is 119 cm³/mol. The summed E-state index contributed by atoms with van der Waals surface area (Å²) in [6, 6.07) is 8.60. The lowest BCUT2D eigenvalue weighted by atomic mass is 9.75. The molecule has 2 aliphatic rings. The Morgan fingerprint density at radius 2 is 1.74 bits per heavy atom. The van der Waals surface area contributed by atoms with Crippen LogP contribution in [0, 0.1) is 40.2 Å². The van der Waals surface area contributed by atoms with E-state index in [1.165, 1.54) is 6.07 Å². The van der Waals surface area contributed by atoms with Crippen molar-refractivity contribution < 1.29 is 35.1 Å². The quantitative estimate of drug-likeness (QED) is 0.585. The summed E-state index contributed by atoms with van der Waals surface area (Å²) in [7, 11) is -7.99. The normalized spacial score (nSPS) is 23.8. The fraction of sp³-hybridized carbons (Fsp3) is 0.391. The standard InChI is InChI=1S/C23H20F2N2O6S2/c1-34(28,29)9-6-20-17-13-33-22-19(25)5-4-18(24)21(22)23(17,7-8-32-20)35(30,31)16-3-2-14(11-26)15(10-16)12-27/h2-5,10,17,20H,6-9,13H2,1H3/t17-,20-,23-/m0/s1. The number of rotatable bonds is 5. The summed E-state index contributed by atoms with van der Waals surface area (Å²) in [5, 5.41) is 18.6. The van der Waals surface area contributed by atoms with Gasteiger partial charge in [0.15, 0.2) is 21.4 Å². The highest BCUT2D eigenvalue weighted by molar-refractivity contribution is 7.92. The van der Waals surface area contributed by atoms with Crippen LogP contribution in [0.2, 0.25) is 0 Å². The van der Waals surface area contributed by atoms with E-state index in [-0.39, 0.29) is 47.8 Å². The van der Waals surface area contributed by atoms with Crippen molar-refractivity contribution in [3.8, 4) is 17.9 Å². The van der Waals surface area contributed by atoms with Crippen LogP contribution in [-0.2, 0) is 29.2 Å². The van der Waals surface area contributed by atoms with Gasteiger partial charge in [-0.3, -0.25) is 0 Å². The van der Waals surface area contributed by atoms with Gasteiger partial charge in [0.05, 0.1) is 40.0 Å². The van der Waals surface area contributed by atoms with Crippen LogP contribution < -0.4 is 4.74 Å². The minimum atomic E-state index is -4.56. The Morgan fingerprint density at radius 1 is 1.06 bits per heavy atom. The molecular formula is C23H20F2N2O6S2. The number of nitriles is 2. The second-order valence-electron chi connectivity index (χ2n) is 8.55. The number of fused-ring (bicyclic) bond motifs is 3. The highest BCUT2D eigenvalue weighted by Gasteiger charge is 2.61. The number of nitrogens with zero attached hydrogens (tertiary/aromatic N) is 2. The van der Waals surface area contributed by atoms with Gasteiger partial charge in [-0.2, -0.15) is 10.5 Å². The second-order valence-corrected chi connectivity index (χ2v) is 13.0. The molecule has 0 saturated carbocycles. The van der Waals surface area contributed by atoms with Gasteiger partial charge >= 0.3 is 0 Å². The average Bonchev–Trinajstić information content (AvgIpc) is 2.83. The van der Waals surface area contributed by atoms with E-state index in [4.69, 9.17) is 9.47 Å². The van der Waals surface area contributed by atoms with Crippen LogP contribution in [0.25, 0.3) is 0 Å². The molecule has 0 spiro atoms. The Hall–Kier alpha value is -3.06. The molecule has 8 nitrogen and oxygen atoms in total. The Bertz CT molecular complexity index is 1500. The molecule has 1 saturated heterocycles. The topological polar surface area (TPSA) is 134 Å². The monoisotopic (exact) mass is 522 g/mol. The highest BCUT2D eigenvalue weighted by atomic mass is 32.2. The first-order valence-corrected chi connectivity index (χ1v) is 14.1. The van der Waals surface area contributed by atoms with Crippen LogP contribution in [0.15, 0.2) is 35.2 Å². The molecule has 35 heavy (non-hydrogen) atoms. The molecule has 0 bridgehead atoms. The third-order valence-corrected chi connectivity index (χ3v) is 10.1. The number of hydrogen-bond donors (Lipinski definition) is 0. The molecule has 0 amide bonds. The zero-order chi connectivity index (χ0) is 25.6. The van der Waals surface area contributed by atoms with E-state index in [9.17, 15) is 31.7 Å². The van der Waals surface area contributed by atoms with Crippen LogP contribution >= 0.6 is 0 Å². The molecule has 2 aliphatic heterocycles. The van der Waals surface area contributed by atoms with Gasteiger partial charge in [0.2, 0.25) is 0 Å². The highest BCUT2D eigenvalue weighted by Crippen LogP contribution is 2.56. The van der Waals surface area contributed by atoms with Gasteiger partial charge in [-0.15, -0.1) is 0 Å². The molecule has 0 aliphatic carbocycles. The number of halogens is 2. The summed E-state index contributed by atoms with van der Waals surface area (Å²) in [4.78, 5) is -0.349. The fourth-order valence-corrected chi connectivity index (χ4v) is 7.96. The Balaban J connectivity index is 1.98. The van der Waals surface area contributed by atoms with E-state index in [2.05, 4.69) is 0 Å². The first-order chi connectivity index (χ1) is 16.5. The zero-order valence-electron chi connectivity index (χ0n) is 18.5.